The minimum absolute atomic E-state index is 0.422. The number of hydrogen-bond acceptors (Lipinski definition) is 0. The molecule has 1 atom stereocenters. The maximum Gasteiger partial charge on any atom is 0.0115 e. The van der Waals surface area contributed by atoms with E-state index >= 15 is 0 Å². The van der Waals surface area contributed by atoms with Gasteiger partial charge in [0.25, 0.3) is 0 Å². The Kier molecular flexibility index (Phi) is 5.95. The van der Waals surface area contributed by atoms with Gasteiger partial charge < -0.3 is 0 Å². The van der Waals surface area contributed by atoms with E-state index < -0.39 is 0 Å². The van der Waals surface area contributed by atoms with Crippen molar-refractivity contribution >= 4 is 0 Å². The number of hydrogen-bond donors (Lipinski definition) is 0. The topological polar surface area (TPSA) is 0 Å². The van der Waals surface area contributed by atoms with E-state index in [2.05, 4.69) is 111 Å². The van der Waals surface area contributed by atoms with Crippen LogP contribution in [0.2, 0.25) is 0 Å². The Balaban J connectivity index is 1.66. The van der Waals surface area contributed by atoms with Crippen LogP contribution in [0.1, 0.15) is 70.7 Å². The summed E-state index contributed by atoms with van der Waals surface area (Å²) < 4.78 is 0. The molecular formula is C32H32. The van der Waals surface area contributed by atoms with Gasteiger partial charge in [0.1, 0.15) is 0 Å². The largest absolute Gasteiger partial charge is 0.0651 e. The van der Waals surface area contributed by atoms with Gasteiger partial charge in [0.15, 0.2) is 0 Å². The highest BCUT2D eigenvalue weighted by Crippen LogP contribution is 2.35. The van der Waals surface area contributed by atoms with Crippen LogP contribution in [-0.2, 0) is 19.3 Å². The van der Waals surface area contributed by atoms with Crippen LogP contribution in [0.3, 0.4) is 0 Å². The average Bonchev–Trinajstić information content (AvgIpc) is 2.80. The summed E-state index contributed by atoms with van der Waals surface area (Å²) in [5, 5.41) is 0. The van der Waals surface area contributed by atoms with Crippen LogP contribution in [0.15, 0.2) is 97.1 Å². The normalized spacial score (nSPS) is 14.7. The van der Waals surface area contributed by atoms with Crippen molar-refractivity contribution in [1.29, 1.82) is 0 Å². The monoisotopic (exact) mass is 416 g/mol. The quantitative estimate of drug-likeness (QED) is 0.311. The van der Waals surface area contributed by atoms with E-state index in [1.807, 2.05) is 0 Å². The second-order valence-electron chi connectivity index (χ2n) is 9.52. The van der Waals surface area contributed by atoms with Crippen molar-refractivity contribution < 1.29 is 0 Å². The molecule has 32 heavy (non-hydrogen) atoms. The van der Waals surface area contributed by atoms with Gasteiger partial charge in [-0.25, -0.2) is 0 Å². The average molecular weight is 417 g/mol. The molecule has 0 nitrogen and oxygen atoms in total. The highest BCUT2D eigenvalue weighted by Gasteiger charge is 2.21. The fraction of sp³-hybridized carbons (Fsp3) is 0.250. The predicted molar refractivity (Wildman–Crippen MR) is 135 cm³/mol. The summed E-state index contributed by atoms with van der Waals surface area (Å²) in [6.45, 7) is 4.71. The van der Waals surface area contributed by atoms with Crippen molar-refractivity contribution in [2.45, 2.75) is 45.4 Å². The Morgan fingerprint density at radius 1 is 0.562 bits per heavy atom. The van der Waals surface area contributed by atoms with Crippen LogP contribution in [0.25, 0.3) is 0 Å². The van der Waals surface area contributed by atoms with Crippen LogP contribution in [-0.4, -0.2) is 0 Å². The molecule has 0 fully saturated rings. The third kappa shape index (κ3) is 4.55. The molecule has 0 radical (unpaired) electrons. The van der Waals surface area contributed by atoms with Crippen molar-refractivity contribution in [2.75, 3.05) is 0 Å². The first kappa shape index (κ1) is 20.8. The van der Waals surface area contributed by atoms with Crippen LogP contribution in [0.5, 0.6) is 0 Å². The Labute approximate surface area is 193 Å². The van der Waals surface area contributed by atoms with Gasteiger partial charge in [-0.05, 0) is 69.7 Å². The Morgan fingerprint density at radius 3 is 1.28 bits per heavy atom. The molecule has 0 saturated heterocycles. The molecule has 5 rings (SSSR count). The van der Waals surface area contributed by atoms with Gasteiger partial charge >= 0.3 is 0 Å². The lowest BCUT2D eigenvalue weighted by molar-refractivity contribution is 0.496. The summed E-state index contributed by atoms with van der Waals surface area (Å²) >= 11 is 0. The van der Waals surface area contributed by atoms with Crippen LogP contribution in [0, 0.1) is 5.92 Å². The lowest BCUT2D eigenvalue weighted by Gasteiger charge is -2.25. The molecule has 4 aromatic carbocycles. The summed E-state index contributed by atoms with van der Waals surface area (Å²) in [5.74, 6) is 1.01. The fourth-order valence-electron chi connectivity index (χ4n) is 5.28. The molecule has 0 amide bonds. The molecule has 0 aliphatic heterocycles. The molecule has 1 aliphatic carbocycles. The first-order valence-corrected chi connectivity index (χ1v) is 12.0. The highest BCUT2D eigenvalue weighted by molar-refractivity contribution is 5.41. The zero-order valence-electron chi connectivity index (χ0n) is 19.2. The Bertz CT molecular complexity index is 1120. The van der Waals surface area contributed by atoms with E-state index in [0.29, 0.717) is 11.8 Å². The van der Waals surface area contributed by atoms with E-state index in [9.17, 15) is 0 Å². The fourth-order valence-corrected chi connectivity index (χ4v) is 5.28. The molecule has 0 N–H and O–H groups in total. The summed E-state index contributed by atoms with van der Waals surface area (Å²) in [6, 6.07) is 36.9. The van der Waals surface area contributed by atoms with Gasteiger partial charge in [0.2, 0.25) is 0 Å². The predicted octanol–water partition coefficient (Wildman–Crippen LogP) is 7.95. The van der Waals surface area contributed by atoms with E-state index in [1.165, 1.54) is 50.9 Å². The van der Waals surface area contributed by atoms with Crippen LogP contribution in [0.4, 0.5) is 0 Å². The molecule has 0 saturated carbocycles. The maximum atomic E-state index is 2.45. The van der Waals surface area contributed by atoms with Gasteiger partial charge in [0, 0.05) is 5.92 Å². The first-order chi connectivity index (χ1) is 15.7. The van der Waals surface area contributed by atoms with Crippen molar-refractivity contribution in [3.63, 3.8) is 0 Å². The molecular weight excluding hydrogens is 384 g/mol. The maximum absolute atomic E-state index is 2.45. The highest BCUT2D eigenvalue weighted by atomic mass is 14.2. The number of benzene rings is 4. The molecule has 160 valence electrons. The van der Waals surface area contributed by atoms with E-state index in [-0.39, 0.29) is 0 Å². The third-order valence-electron chi connectivity index (χ3n) is 7.04. The number of fused-ring (bicyclic) bond motifs is 8. The smallest absolute Gasteiger partial charge is 0.0115 e. The summed E-state index contributed by atoms with van der Waals surface area (Å²) in [6.07, 6.45) is 4.12. The molecule has 4 aromatic rings. The van der Waals surface area contributed by atoms with Crippen molar-refractivity contribution in [3.8, 4) is 0 Å². The SMILES string of the molecule is CCC(C)C1c2cccc(c2)Cc2cccc(c2)Cc2cccc(c2)Cc2cccc1c2. The number of rotatable bonds is 2. The molecule has 0 aromatic heterocycles. The zero-order valence-corrected chi connectivity index (χ0v) is 19.2. The van der Waals surface area contributed by atoms with Crippen molar-refractivity contribution in [1.82, 2.24) is 0 Å². The lowest BCUT2D eigenvalue weighted by Crippen LogP contribution is -2.12. The van der Waals surface area contributed by atoms with Crippen LogP contribution < -0.4 is 0 Å². The van der Waals surface area contributed by atoms with Crippen molar-refractivity contribution in [2.24, 2.45) is 5.92 Å². The van der Waals surface area contributed by atoms with Gasteiger partial charge in [-0.3, -0.25) is 0 Å². The summed E-state index contributed by atoms with van der Waals surface area (Å²) in [4.78, 5) is 0. The molecule has 0 heterocycles. The van der Waals surface area contributed by atoms with E-state index in [1.54, 1.807) is 0 Å². The second-order valence-corrected chi connectivity index (χ2v) is 9.52. The molecule has 1 aliphatic rings. The lowest BCUT2D eigenvalue weighted by atomic mass is 9.79. The summed E-state index contributed by atoms with van der Waals surface area (Å²) in [5.41, 5.74) is 11.3. The molecule has 0 heteroatoms. The van der Waals surface area contributed by atoms with E-state index in [0.717, 1.165) is 19.3 Å². The third-order valence-corrected chi connectivity index (χ3v) is 7.04. The minimum atomic E-state index is 0.422. The first-order valence-electron chi connectivity index (χ1n) is 12.0. The van der Waals surface area contributed by atoms with Crippen molar-refractivity contribution in [3.05, 3.63) is 142 Å². The zero-order chi connectivity index (χ0) is 21.9. The second kappa shape index (κ2) is 9.17. The van der Waals surface area contributed by atoms with Crippen LogP contribution >= 0.6 is 0 Å². The minimum Gasteiger partial charge on any atom is -0.0651 e. The van der Waals surface area contributed by atoms with Gasteiger partial charge in [-0.15, -0.1) is 0 Å². The Hall–Kier alpha value is -3.12. The Morgan fingerprint density at radius 2 is 0.906 bits per heavy atom. The van der Waals surface area contributed by atoms with E-state index in [4.69, 9.17) is 0 Å². The van der Waals surface area contributed by atoms with Gasteiger partial charge in [-0.1, -0.05) is 117 Å². The molecule has 1 unspecified atom stereocenters. The van der Waals surface area contributed by atoms with Gasteiger partial charge in [-0.2, -0.15) is 0 Å². The standard InChI is InChI=1S/C32H32/c1-3-23(2)32-30-14-6-12-28(21-30)19-26-10-4-8-24(17-26)16-25-9-5-11-27(18-25)20-29-13-7-15-31(32)22-29/h4-15,17-18,21-23,32H,3,16,19-20H2,1-2H3. The summed E-state index contributed by atoms with van der Waals surface area (Å²) in [7, 11) is 0. The van der Waals surface area contributed by atoms with Gasteiger partial charge in [0.05, 0.1) is 0 Å². The molecule has 8 bridgehead atoms. The molecule has 0 spiro atoms.